The number of nitriles is 1. The molecule has 0 saturated heterocycles. The first-order valence-electron chi connectivity index (χ1n) is 9.40. The van der Waals surface area contributed by atoms with E-state index in [-0.39, 0.29) is 5.57 Å². The standard InChI is InChI=1S/C25H22N2O3/c1-17-20(9-6-10-22(17)19-7-4-3-5-8-19)16-30-23-12-11-18(14-24(23)29-2)13-21(15-26)25(27)28/h3-14H,16H2,1-2H3,(H2,27,28)/b21-13+. The SMILES string of the molecule is COc1cc(/C=C(\C#N)C(N)=O)ccc1OCc1cccc(-c2ccccc2)c1C. The summed E-state index contributed by atoms with van der Waals surface area (Å²) in [6, 6.07) is 23.4. The molecule has 3 rings (SSSR count). The molecule has 0 atom stereocenters. The lowest BCUT2D eigenvalue weighted by atomic mass is 9.97. The molecular formula is C25H22N2O3. The lowest BCUT2D eigenvalue weighted by Crippen LogP contribution is -2.12. The minimum atomic E-state index is -0.773. The smallest absolute Gasteiger partial charge is 0.259 e. The average Bonchev–Trinajstić information content (AvgIpc) is 2.77. The number of benzene rings is 3. The van der Waals surface area contributed by atoms with Crippen LogP contribution in [0.3, 0.4) is 0 Å². The van der Waals surface area contributed by atoms with Gasteiger partial charge in [0.2, 0.25) is 0 Å². The number of nitrogens with two attached hydrogens (primary N) is 1. The number of hydrogen-bond acceptors (Lipinski definition) is 4. The topological polar surface area (TPSA) is 85.3 Å². The lowest BCUT2D eigenvalue weighted by molar-refractivity contribution is -0.114. The van der Waals surface area contributed by atoms with Crippen molar-refractivity contribution in [2.24, 2.45) is 5.73 Å². The van der Waals surface area contributed by atoms with Crippen LogP contribution in [0.5, 0.6) is 11.5 Å². The number of carbonyl (C=O) groups is 1. The van der Waals surface area contributed by atoms with Gasteiger partial charge in [-0.25, -0.2) is 0 Å². The predicted octanol–water partition coefficient (Wildman–Crippen LogP) is 4.64. The third-order valence-electron chi connectivity index (χ3n) is 4.80. The van der Waals surface area contributed by atoms with Crippen molar-refractivity contribution >= 4 is 12.0 Å². The van der Waals surface area contributed by atoms with E-state index in [4.69, 9.17) is 20.5 Å². The van der Waals surface area contributed by atoms with Gasteiger partial charge in [-0.1, -0.05) is 54.6 Å². The van der Waals surface area contributed by atoms with Crippen LogP contribution in [0.25, 0.3) is 17.2 Å². The van der Waals surface area contributed by atoms with E-state index in [1.54, 1.807) is 24.3 Å². The Morgan fingerprint density at radius 3 is 2.50 bits per heavy atom. The van der Waals surface area contributed by atoms with Crippen LogP contribution in [0.2, 0.25) is 0 Å². The van der Waals surface area contributed by atoms with Crippen LogP contribution in [0.1, 0.15) is 16.7 Å². The normalized spacial score (nSPS) is 10.9. The number of amides is 1. The van der Waals surface area contributed by atoms with Crippen molar-refractivity contribution in [3.8, 4) is 28.7 Å². The molecule has 0 saturated carbocycles. The zero-order valence-electron chi connectivity index (χ0n) is 16.9. The second-order valence-corrected chi connectivity index (χ2v) is 6.69. The Hall–Kier alpha value is -4.04. The van der Waals surface area contributed by atoms with Crippen LogP contribution >= 0.6 is 0 Å². The fourth-order valence-corrected chi connectivity index (χ4v) is 3.14. The Labute approximate surface area is 176 Å². The largest absolute Gasteiger partial charge is 0.493 e. The van der Waals surface area contributed by atoms with E-state index >= 15 is 0 Å². The number of ether oxygens (including phenoxy) is 2. The molecule has 2 N–H and O–H groups in total. The highest BCUT2D eigenvalue weighted by atomic mass is 16.5. The highest BCUT2D eigenvalue weighted by Gasteiger charge is 2.10. The summed E-state index contributed by atoms with van der Waals surface area (Å²) in [6.45, 7) is 2.46. The first kappa shape index (κ1) is 20.7. The molecule has 0 aliphatic rings. The van der Waals surface area contributed by atoms with E-state index in [9.17, 15) is 4.79 Å². The van der Waals surface area contributed by atoms with Crippen LogP contribution in [0.4, 0.5) is 0 Å². The summed E-state index contributed by atoms with van der Waals surface area (Å²) in [7, 11) is 1.54. The third-order valence-corrected chi connectivity index (χ3v) is 4.80. The van der Waals surface area contributed by atoms with Crippen molar-refractivity contribution in [2.45, 2.75) is 13.5 Å². The Morgan fingerprint density at radius 1 is 1.07 bits per heavy atom. The van der Waals surface area contributed by atoms with Crippen LogP contribution < -0.4 is 15.2 Å². The van der Waals surface area contributed by atoms with Crippen molar-refractivity contribution < 1.29 is 14.3 Å². The Bertz CT molecular complexity index is 1130. The first-order chi connectivity index (χ1) is 14.5. The summed E-state index contributed by atoms with van der Waals surface area (Å²) in [5, 5.41) is 9.00. The summed E-state index contributed by atoms with van der Waals surface area (Å²) in [4.78, 5) is 11.3. The number of primary amides is 1. The van der Waals surface area contributed by atoms with Gasteiger partial charge in [-0.3, -0.25) is 4.79 Å². The Morgan fingerprint density at radius 2 is 1.83 bits per heavy atom. The summed E-state index contributed by atoms with van der Waals surface area (Å²) in [5.41, 5.74) is 10.2. The highest BCUT2D eigenvalue weighted by Crippen LogP contribution is 2.31. The summed E-state index contributed by atoms with van der Waals surface area (Å²) < 4.78 is 11.4. The molecule has 0 radical (unpaired) electrons. The van der Waals surface area contributed by atoms with Crippen LogP contribution in [0.15, 0.2) is 72.3 Å². The average molecular weight is 398 g/mol. The van der Waals surface area contributed by atoms with Crippen LogP contribution in [0, 0.1) is 18.3 Å². The summed E-state index contributed by atoms with van der Waals surface area (Å²) >= 11 is 0. The van der Waals surface area contributed by atoms with Gasteiger partial charge in [-0.05, 0) is 52.9 Å². The number of carbonyl (C=O) groups excluding carboxylic acids is 1. The molecule has 3 aromatic rings. The van der Waals surface area contributed by atoms with E-state index < -0.39 is 5.91 Å². The Kier molecular flexibility index (Phi) is 6.51. The highest BCUT2D eigenvalue weighted by molar-refractivity contribution is 6.00. The lowest BCUT2D eigenvalue weighted by Gasteiger charge is -2.15. The second kappa shape index (κ2) is 9.44. The van der Waals surface area contributed by atoms with Gasteiger partial charge in [0.15, 0.2) is 11.5 Å². The maximum atomic E-state index is 11.3. The molecule has 0 unspecified atom stereocenters. The molecule has 0 spiro atoms. The quantitative estimate of drug-likeness (QED) is 0.464. The second-order valence-electron chi connectivity index (χ2n) is 6.69. The van der Waals surface area contributed by atoms with E-state index in [0.717, 1.165) is 16.7 Å². The van der Waals surface area contributed by atoms with Crippen LogP contribution in [-0.2, 0) is 11.4 Å². The maximum Gasteiger partial charge on any atom is 0.259 e. The van der Waals surface area contributed by atoms with Gasteiger partial charge in [-0.15, -0.1) is 0 Å². The molecule has 30 heavy (non-hydrogen) atoms. The van der Waals surface area contributed by atoms with Gasteiger partial charge in [0.05, 0.1) is 7.11 Å². The van der Waals surface area contributed by atoms with Crippen molar-refractivity contribution in [2.75, 3.05) is 7.11 Å². The predicted molar refractivity (Wildman–Crippen MR) is 117 cm³/mol. The van der Waals surface area contributed by atoms with Crippen LogP contribution in [-0.4, -0.2) is 13.0 Å². The van der Waals surface area contributed by atoms with Gasteiger partial charge in [0.25, 0.3) is 5.91 Å². The number of rotatable bonds is 7. The summed E-state index contributed by atoms with van der Waals surface area (Å²) in [6.07, 6.45) is 1.42. The summed E-state index contributed by atoms with van der Waals surface area (Å²) in [5.74, 6) is 0.296. The van der Waals surface area contributed by atoms with Gasteiger partial charge in [0.1, 0.15) is 18.2 Å². The van der Waals surface area contributed by atoms with E-state index in [2.05, 4.69) is 25.1 Å². The molecule has 3 aromatic carbocycles. The molecule has 0 bridgehead atoms. The number of hydrogen-bond donors (Lipinski definition) is 1. The van der Waals surface area contributed by atoms with Gasteiger partial charge < -0.3 is 15.2 Å². The van der Waals surface area contributed by atoms with Gasteiger partial charge in [-0.2, -0.15) is 5.26 Å². The zero-order chi connectivity index (χ0) is 21.5. The minimum absolute atomic E-state index is 0.126. The monoisotopic (exact) mass is 398 g/mol. The first-order valence-corrected chi connectivity index (χ1v) is 9.40. The number of methoxy groups -OCH3 is 1. The van der Waals surface area contributed by atoms with E-state index in [0.29, 0.717) is 23.7 Å². The minimum Gasteiger partial charge on any atom is -0.493 e. The van der Waals surface area contributed by atoms with Gasteiger partial charge in [0, 0.05) is 0 Å². The van der Waals surface area contributed by atoms with E-state index in [1.165, 1.54) is 18.7 Å². The van der Waals surface area contributed by atoms with Crippen molar-refractivity contribution in [1.29, 1.82) is 5.26 Å². The molecule has 0 heterocycles. The van der Waals surface area contributed by atoms with E-state index in [1.807, 2.05) is 30.3 Å². The van der Waals surface area contributed by atoms with Gasteiger partial charge >= 0.3 is 0 Å². The Balaban J connectivity index is 1.83. The molecule has 5 nitrogen and oxygen atoms in total. The fraction of sp³-hybridized carbons (Fsp3) is 0.120. The fourth-order valence-electron chi connectivity index (χ4n) is 3.14. The molecule has 1 amide bonds. The molecule has 0 aliphatic heterocycles. The van der Waals surface area contributed by atoms with Crippen molar-refractivity contribution in [3.05, 3.63) is 89.0 Å². The maximum absolute atomic E-state index is 11.3. The molecule has 0 fully saturated rings. The molecule has 0 aromatic heterocycles. The third kappa shape index (κ3) is 4.68. The number of nitrogens with zero attached hydrogens (tertiary/aromatic N) is 1. The molecule has 5 heteroatoms. The molecule has 0 aliphatic carbocycles. The van der Waals surface area contributed by atoms with Crippen molar-refractivity contribution in [1.82, 2.24) is 0 Å². The zero-order valence-corrected chi connectivity index (χ0v) is 16.9. The van der Waals surface area contributed by atoms with Crippen molar-refractivity contribution in [3.63, 3.8) is 0 Å². The molecular weight excluding hydrogens is 376 g/mol. The molecule has 150 valence electrons.